The first-order chi connectivity index (χ1) is 7.77. The molecule has 1 atom stereocenters. The highest BCUT2D eigenvalue weighted by molar-refractivity contribution is 5.87. The van der Waals surface area contributed by atoms with Crippen LogP contribution >= 0.6 is 0 Å². The third kappa shape index (κ3) is 1.37. The molecular weight excluding hydrogens is 196 g/mol. The molecule has 1 aromatic carbocycles. The summed E-state index contributed by atoms with van der Waals surface area (Å²) in [5.74, 6) is 0.700. The van der Waals surface area contributed by atoms with Crippen LogP contribution in [0.15, 0.2) is 24.4 Å². The Hall–Kier alpha value is -1.28. The molecular formula is C14H18N2. The number of nitrogens with zero attached hydrogens (tertiary/aromatic N) is 1. The topological polar surface area (TPSA) is 17.0 Å². The third-order valence-electron chi connectivity index (χ3n) is 3.73. The zero-order valence-corrected chi connectivity index (χ0v) is 9.96. The molecule has 2 heterocycles. The van der Waals surface area contributed by atoms with Gasteiger partial charge in [0.15, 0.2) is 0 Å². The minimum Gasteiger partial charge on any atom is -0.350 e. The highest BCUT2D eigenvalue weighted by Crippen LogP contribution is 2.32. The minimum atomic E-state index is 0.700. The van der Waals surface area contributed by atoms with Crippen molar-refractivity contribution in [3.8, 4) is 0 Å². The van der Waals surface area contributed by atoms with Crippen LogP contribution in [-0.4, -0.2) is 17.7 Å². The molecule has 0 saturated carbocycles. The summed E-state index contributed by atoms with van der Waals surface area (Å²) in [6.45, 7) is 4.49. The van der Waals surface area contributed by atoms with Crippen molar-refractivity contribution in [3.63, 3.8) is 0 Å². The molecule has 1 aliphatic rings. The van der Waals surface area contributed by atoms with Crippen LogP contribution in [0, 0.1) is 6.92 Å². The lowest BCUT2D eigenvalue weighted by molar-refractivity contribution is 0.763. The second kappa shape index (κ2) is 3.63. The molecule has 2 heteroatoms. The standard InChI is InChI=1S/C14H18N2/c1-10-4-3-5-12-13(9-16(2)14(10)12)11-6-7-15-8-11/h3-5,9,11,15H,6-8H2,1-2H3. The minimum absolute atomic E-state index is 0.700. The summed E-state index contributed by atoms with van der Waals surface area (Å²) in [7, 11) is 2.15. The number of hydrogen-bond donors (Lipinski definition) is 1. The van der Waals surface area contributed by atoms with Gasteiger partial charge < -0.3 is 9.88 Å². The lowest BCUT2D eigenvalue weighted by Crippen LogP contribution is -2.07. The summed E-state index contributed by atoms with van der Waals surface area (Å²) < 4.78 is 2.28. The highest BCUT2D eigenvalue weighted by atomic mass is 14.9. The van der Waals surface area contributed by atoms with Gasteiger partial charge in [-0.05, 0) is 36.9 Å². The Bertz CT molecular complexity index is 519. The number of aromatic nitrogens is 1. The zero-order chi connectivity index (χ0) is 11.1. The molecule has 3 rings (SSSR count). The van der Waals surface area contributed by atoms with E-state index in [4.69, 9.17) is 0 Å². The van der Waals surface area contributed by atoms with E-state index in [1.807, 2.05) is 0 Å². The summed E-state index contributed by atoms with van der Waals surface area (Å²) in [6.07, 6.45) is 3.59. The van der Waals surface area contributed by atoms with Crippen molar-refractivity contribution in [2.45, 2.75) is 19.3 Å². The average Bonchev–Trinajstić information content (AvgIpc) is 2.86. The van der Waals surface area contributed by atoms with Gasteiger partial charge in [0.2, 0.25) is 0 Å². The summed E-state index contributed by atoms with van der Waals surface area (Å²) in [4.78, 5) is 0. The van der Waals surface area contributed by atoms with Gasteiger partial charge in [-0.25, -0.2) is 0 Å². The molecule has 0 bridgehead atoms. The molecule has 1 aliphatic heterocycles. The smallest absolute Gasteiger partial charge is 0.0510 e. The first kappa shape index (κ1) is 9.91. The van der Waals surface area contributed by atoms with E-state index < -0.39 is 0 Å². The van der Waals surface area contributed by atoms with Crippen LogP contribution in [0.25, 0.3) is 10.9 Å². The van der Waals surface area contributed by atoms with Gasteiger partial charge in [0.05, 0.1) is 5.52 Å². The normalized spacial score (nSPS) is 20.8. The second-order valence-corrected chi connectivity index (χ2v) is 4.86. The molecule has 1 aromatic heterocycles. The van der Waals surface area contributed by atoms with Crippen molar-refractivity contribution in [2.24, 2.45) is 7.05 Å². The van der Waals surface area contributed by atoms with Crippen molar-refractivity contribution < 1.29 is 0 Å². The van der Waals surface area contributed by atoms with Crippen molar-refractivity contribution in [3.05, 3.63) is 35.5 Å². The molecule has 1 unspecified atom stereocenters. The first-order valence-corrected chi connectivity index (χ1v) is 6.02. The number of hydrogen-bond acceptors (Lipinski definition) is 1. The summed E-state index contributed by atoms with van der Waals surface area (Å²) >= 11 is 0. The number of nitrogens with one attached hydrogen (secondary N) is 1. The van der Waals surface area contributed by atoms with Crippen LogP contribution < -0.4 is 5.32 Å². The molecule has 2 nitrogen and oxygen atoms in total. The van der Waals surface area contributed by atoms with Gasteiger partial charge in [-0.1, -0.05) is 18.2 Å². The molecule has 0 amide bonds. The average molecular weight is 214 g/mol. The maximum Gasteiger partial charge on any atom is 0.0510 e. The van der Waals surface area contributed by atoms with Crippen molar-refractivity contribution in [2.75, 3.05) is 13.1 Å². The number of rotatable bonds is 1. The van der Waals surface area contributed by atoms with E-state index in [9.17, 15) is 0 Å². The van der Waals surface area contributed by atoms with Crippen molar-refractivity contribution in [1.29, 1.82) is 0 Å². The first-order valence-electron chi connectivity index (χ1n) is 6.02. The van der Waals surface area contributed by atoms with Crippen LogP contribution in [0.1, 0.15) is 23.5 Å². The quantitative estimate of drug-likeness (QED) is 0.772. The molecule has 0 radical (unpaired) electrons. The Kier molecular flexibility index (Phi) is 2.25. The molecule has 84 valence electrons. The number of para-hydroxylation sites is 1. The van der Waals surface area contributed by atoms with E-state index in [1.165, 1.54) is 28.5 Å². The van der Waals surface area contributed by atoms with Gasteiger partial charge in [-0.15, -0.1) is 0 Å². The summed E-state index contributed by atoms with van der Waals surface area (Å²) in [6, 6.07) is 6.62. The molecule has 0 spiro atoms. The lowest BCUT2D eigenvalue weighted by Gasteiger charge is -2.06. The Morgan fingerprint density at radius 2 is 2.25 bits per heavy atom. The molecule has 1 fully saturated rings. The SMILES string of the molecule is Cc1cccc2c(C3CCNC3)cn(C)c12. The highest BCUT2D eigenvalue weighted by Gasteiger charge is 2.20. The van der Waals surface area contributed by atoms with Gasteiger partial charge in [0, 0.05) is 25.2 Å². The van der Waals surface area contributed by atoms with Gasteiger partial charge >= 0.3 is 0 Å². The van der Waals surface area contributed by atoms with Crippen LogP contribution in [0.3, 0.4) is 0 Å². The predicted octanol–water partition coefficient (Wildman–Crippen LogP) is 2.56. The Morgan fingerprint density at radius 3 is 3.00 bits per heavy atom. The van der Waals surface area contributed by atoms with Crippen LogP contribution in [0.5, 0.6) is 0 Å². The molecule has 1 N–H and O–H groups in total. The van der Waals surface area contributed by atoms with Gasteiger partial charge in [-0.3, -0.25) is 0 Å². The van der Waals surface area contributed by atoms with Gasteiger partial charge in [-0.2, -0.15) is 0 Å². The molecule has 2 aromatic rings. The fraction of sp³-hybridized carbons (Fsp3) is 0.429. The van der Waals surface area contributed by atoms with E-state index in [0.29, 0.717) is 5.92 Å². The number of aryl methyl sites for hydroxylation is 2. The van der Waals surface area contributed by atoms with Crippen LogP contribution in [0.2, 0.25) is 0 Å². The molecule has 16 heavy (non-hydrogen) atoms. The molecule has 1 saturated heterocycles. The summed E-state index contributed by atoms with van der Waals surface area (Å²) in [5, 5.41) is 4.89. The second-order valence-electron chi connectivity index (χ2n) is 4.86. The maximum absolute atomic E-state index is 3.45. The van der Waals surface area contributed by atoms with E-state index in [0.717, 1.165) is 13.1 Å². The fourth-order valence-corrected chi connectivity index (χ4v) is 2.95. The van der Waals surface area contributed by atoms with Crippen LogP contribution in [0.4, 0.5) is 0 Å². The van der Waals surface area contributed by atoms with Crippen molar-refractivity contribution >= 4 is 10.9 Å². The zero-order valence-electron chi connectivity index (χ0n) is 9.96. The number of benzene rings is 1. The Morgan fingerprint density at radius 1 is 1.38 bits per heavy atom. The molecule has 0 aliphatic carbocycles. The predicted molar refractivity (Wildman–Crippen MR) is 67.9 cm³/mol. The number of fused-ring (bicyclic) bond motifs is 1. The Balaban J connectivity index is 2.22. The van der Waals surface area contributed by atoms with E-state index in [2.05, 4.69) is 48.3 Å². The third-order valence-corrected chi connectivity index (χ3v) is 3.73. The van der Waals surface area contributed by atoms with Gasteiger partial charge in [0.25, 0.3) is 0 Å². The summed E-state index contributed by atoms with van der Waals surface area (Å²) in [5.41, 5.74) is 4.29. The van der Waals surface area contributed by atoms with Crippen molar-refractivity contribution in [1.82, 2.24) is 9.88 Å². The lowest BCUT2D eigenvalue weighted by atomic mass is 9.97. The fourth-order valence-electron chi connectivity index (χ4n) is 2.95. The van der Waals surface area contributed by atoms with Crippen LogP contribution in [-0.2, 0) is 7.05 Å². The monoisotopic (exact) mass is 214 g/mol. The van der Waals surface area contributed by atoms with Gasteiger partial charge in [0.1, 0.15) is 0 Å². The van der Waals surface area contributed by atoms with E-state index >= 15 is 0 Å². The largest absolute Gasteiger partial charge is 0.350 e. The van der Waals surface area contributed by atoms with E-state index in [-0.39, 0.29) is 0 Å². The maximum atomic E-state index is 3.45. The van der Waals surface area contributed by atoms with E-state index in [1.54, 1.807) is 0 Å². The Labute approximate surface area is 96.3 Å².